The van der Waals surface area contributed by atoms with E-state index in [1.165, 1.54) is 11.1 Å². The highest BCUT2D eigenvalue weighted by molar-refractivity contribution is 5.85. The van der Waals surface area contributed by atoms with Gasteiger partial charge in [-0.05, 0) is 42.2 Å². The lowest BCUT2D eigenvalue weighted by Gasteiger charge is -2.12. The summed E-state index contributed by atoms with van der Waals surface area (Å²) in [4.78, 5) is 0. The number of benzene rings is 2. The zero-order valence-corrected chi connectivity index (χ0v) is 14.4. The molecule has 23 heavy (non-hydrogen) atoms. The van der Waals surface area contributed by atoms with Gasteiger partial charge in [0, 0.05) is 12.6 Å². The summed E-state index contributed by atoms with van der Waals surface area (Å²) in [7, 11) is 3.32. The molecule has 0 heterocycles. The molecule has 0 fully saturated rings. The van der Waals surface area contributed by atoms with Crippen LogP contribution in [-0.2, 0) is 12.8 Å². The minimum atomic E-state index is 0. The first kappa shape index (κ1) is 19.1. The van der Waals surface area contributed by atoms with Crippen LogP contribution >= 0.6 is 12.4 Å². The maximum atomic E-state index is 5.69. The van der Waals surface area contributed by atoms with E-state index in [0.29, 0.717) is 13.2 Å². The van der Waals surface area contributed by atoms with E-state index in [2.05, 4.69) is 6.07 Å². The van der Waals surface area contributed by atoms with Gasteiger partial charge in [-0.15, -0.1) is 12.4 Å². The van der Waals surface area contributed by atoms with Crippen molar-refractivity contribution in [3.63, 3.8) is 0 Å². The second-order valence-electron chi connectivity index (χ2n) is 4.97. The highest BCUT2D eigenvalue weighted by Crippen LogP contribution is 2.25. The summed E-state index contributed by atoms with van der Waals surface area (Å²) in [6, 6.07) is 14.0. The number of methoxy groups -OCH3 is 2. The molecule has 2 rings (SSSR count). The fourth-order valence-corrected chi connectivity index (χ4v) is 2.31. The maximum absolute atomic E-state index is 5.69. The van der Waals surface area contributed by atoms with Crippen LogP contribution in [0.25, 0.3) is 0 Å². The van der Waals surface area contributed by atoms with Gasteiger partial charge in [0.1, 0.15) is 23.9 Å². The van der Waals surface area contributed by atoms with Gasteiger partial charge in [-0.2, -0.15) is 0 Å². The molecule has 0 bridgehead atoms. The number of rotatable bonds is 8. The van der Waals surface area contributed by atoms with Gasteiger partial charge in [0.25, 0.3) is 0 Å². The molecule has 0 spiro atoms. The smallest absolute Gasteiger partial charge is 0.122 e. The van der Waals surface area contributed by atoms with Crippen molar-refractivity contribution in [3.8, 4) is 17.2 Å². The van der Waals surface area contributed by atoms with Gasteiger partial charge in [0.2, 0.25) is 0 Å². The summed E-state index contributed by atoms with van der Waals surface area (Å²) in [5.41, 5.74) is 7.85. The number of aryl methyl sites for hydroxylation is 2. The SMILES string of the molecule is COc1cc(CCc2ccccc2OCCN)cc(OC)c1.Cl. The molecule has 0 aliphatic carbocycles. The van der Waals surface area contributed by atoms with E-state index in [-0.39, 0.29) is 12.4 Å². The van der Waals surface area contributed by atoms with Crippen LogP contribution in [0.2, 0.25) is 0 Å². The Morgan fingerprint density at radius 2 is 1.57 bits per heavy atom. The summed E-state index contributed by atoms with van der Waals surface area (Å²) >= 11 is 0. The molecule has 2 aromatic rings. The summed E-state index contributed by atoms with van der Waals surface area (Å²) < 4.78 is 16.3. The normalized spacial score (nSPS) is 9.87. The Morgan fingerprint density at radius 3 is 2.17 bits per heavy atom. The minimum absolute atomic E-state index is 0. The van der Waals surface area contributed by atoms with Crippen molar-refractivity contribution in [3.05, 3.63) is 53.6 Å². The Morgan fingerprint density at radius 1 is 0.913 bits per heavy atom. The number of hydrogen-bond acceptors (Lipinski definition) is 4. The van der Waals surface area contributed by atoms with Crippen LogP contribution in [0.5, 0.6) is 17.2 Å². The van der Waals surface area contributed by atoms with Crippen LogP contribution in [0.4, 0.5) is 0 Å². The van der Waals surface area contributed by atoms with Gasteiger partial charge >= 0.3 is 0 Å². The molecule has 0 aromatic heterocycles. The van der Waals surface area contributed by atoms with Crippen LogP contribution in [0.1, 0.15) is 11.1 Å². The quantitative estimate of drug-likeness (QED) is 0.803. The second-order valence-corrected chi connectivity index (χ2v) is 4.97. The van der Waals surface area contributed by atoms with Crippen LogP contribution in [0, 0.1) is 0 Å². The average molecular weight is 338 g/mol. The highest BCUT2D eigenvalue weighted by Gasteiger charge is 2.06. The Hall–Kier alpha value is -1.91. The predicted molar refractivity (Wildman–Crippen MR) is 95.2 cm³/mol. The first-order chi connectivity index (χ1) is 10.8. The Labute approximate surface area is 144 Å². The molecule has 0 atom stereocenters. The minimum Gasteiger partial charge on any atom is -0.497 e. The largest absolute Gasteiger partial charge is 0.497 e. The van der Waals surface area contributed by atoms with E-state index in [4.69, 9.17) is 19.9 Å². The van der Waals surface area contributed by atoms with E-state index in [9.17, 15) is 0 Å². The average Bonchev–Trinajstić information content (AvgIpc) is 2.58. The number of hydrogen-bond donors (Lipinski definition) is 1. The topological polar surface area (TPSA) is 53.7 Å². The third kappa shape index (κ3) is 5.66. The lowest BCUT2D eigenvalue weighted by Crippen LogP contribution is -2.11. The molecular formula is C18H24ClNO3. The van der Waals surface area contributed by atoms with E-state index in [0.717, 1.165) is 30.1 Å². The van der Waals surface area contributed by atoms with Gasteiger partial charge < -0.3 is 19.9 Å². The lowest BCUT2D eigenvalue weighted by atomic mass is 10.0. The van der Waals surface area contributed by atoms with Crippen LogP contribution in [0.3, 0.4) is 0 Å². The van der Waals surface area contributed by atoms with Crippen molar-refractivity contribution in [2.45, 2.75) is 12.8 Å². The molecule has 0 saturated carbocycles. The third-order valence-corrected chi connectivity index (χ3v) is 3.44. The van der Waals surface area contributed by atoms with Crippen molar-refractivity contribution in [1.29, 1.82) is 0 Å². The van der Waals surface area contributed by atoms with Gasteiger partial charge in [-0.1, -0.05) is 18.2 Å². The second kappa shape index (κ2) is 9.98. The van der Waals surface area contributed by atoms with E-state index < -0.39 is 0 Å². The summed E-state index contributed by atoms with van der Waals surface area (Å²) in [6.07, 6.45) is 1.77. The molecule has 0 radical (unpaired) electrons. The van der Waals surface area contributed by atoms with Crippen LogP contribution in [0.15, 0.2) is 42.5 Å². The van der Waals surface area contributed by atoms with Gasteiger partial charge in [0.15, 0.2) is 0 Å². The van der Waals surface area contributed by atoms with Gasteiger partial charge in [-0.25, -0.2) is 0 Å². The Balaban J connectivity index is 0.00000264. The lowest BCUT2D eigenvalue weighted by molar-refractivity contribution is 0.325. The standard InChI is InChI=1S/C18H23NO3.ClH/c1-20-16-11-14(12-17(13-16)21-2)7-8-15-5-3-4-6-18(15)22-10-9-19;/h3-6,11-13H,7-10,19H2,1-2H3;1H. The summed E-state index contributed by atoms with van der Waals surface area (Å²) in [6.45, 7) is 1.05. The Kier molecular flexibility index (Phi) is 8.30. The summed E-state index contributed by atoms with van der Waals surface area (Å²) in [5, 5.41) is 0. The van der Waals surface area contributed by atoms with Crippen LogP contribution < -0.4 is 19.9 Å². The van der Waals surface area contributed by atoms with Crippen molar-refractivity contribution in [2.24, 2.45) is 5.73 Å². The molecule has 0 amide bonds. The molecule has 0 saturated heterocycles. The number of nitrogens with two attached hydrogens (primary N) is 1. The molecule has 2 N–H and O–H groups in total. The molecule has 0 aliphatic heterocycles. The van der Waals surface area contributed by atoms with Crippen molar-refractivity contribution < 1.29 is 14.2 Å². The Bertz CT molecular complexity index is 582. The molecule has 5 heteroatoms. The number of halogens is 1. The van der Waals surface area contributed by atoms with Crippen LogP contribution in [-0.4, -0.2) is 27.4 Å². The van der Waals surface area contributed by atoms with Gasteiger partial charge in [0.05, 0.1) is 14.2 Å². The first-order valence-corrected chi connectivity index (χ1v) is 7.39. The fourth-order valence-electron chi connectivity index (χ4n) is 2.31. The zero-order valence-electron chi connectivity index (χ0n) is 13.6. The molecule has 4 nitrogen and oxygen atoms in total. The number of para-hydroxylation sites is 1. The predicted octanol–water partition coefficient (Wildman–Crippen LogP) is 3.25. The monoisotopic (exact) mass is 337 g/mol. The molecular weight excluding hydrogens is 314 g/mol. The highest BCUT2D eigenvalue weighted by atomic mass is 35.5. The maximum Gasteiger partial charge on any atom is 0.122 e. The molecule has 126 valence electrons. The summed E-state index contributed by atoms with van der Waals surface area (Å²) in [5.74, 6) is 2.52. The molecule has 0 unspecified atom stereocenters. The first-order valence-electron chi connectivity index (χ1n) is 7.39. The zero-order chi connectivity index (χ0) is 15.8. The van der Waals surface area contributed by atoms with Gasteiger partial charge in [-0.3, -0.25) is 0 Å². The number of ether oxygens (including phenoxy) is 3. The van der Waals surface area contributed by atoms with E-state index in [1.807, 2.05) is 36.4 Å². The third-order valence-electron chi connectivity index (χ3n) is 3.44. The van der Waals surface area contributed by atoms with E-state index in [1.54, 1.807) is 14.2 Å². The fraction of sp³-hybridized carbons (Fsp3) is 0.333. The van der Waals surface area contributed by atoms with Crippen molar-refractivity contribution in [2.75, 3.05) is 27.4 Å². The van der Waals surface area contributed by atoms with Crippen molar-refractivity contribution in [1.82, 2.24) is 0 Å². The molecule has 2 aromatic carbocycles. The molecule has 0 aliphatic rings. The van der Waals surface area contributed by atoms with E-state index >= 15 is 0 Å². The van der Waals surface area contributed by atoms with Crippen molar-refractivity contribution >= 4 is 12.4 Å².